The minimum Gasteiger partial charge on any atom is -0.369 e. The molecule has 15 heavy (non-hydrogen) atoms. The van der Waals surface area contributed by atoms with Crippen molar-refractivity contribution in [1.82, 2.24) is 15.5 Å². The Labute approximate surface area is 90.2 Å². The Bertz CT molecular complexity index is 275. The number of nitrogens with one attached hydrogen (secondary N) is 1. The van der Waals surface area contributed by atoms with E-state index in [1.165, 1.54) is 0 Å². The smallest absolute Gasteiger partial charge is 0.226 e. The van der Waals surface area contributed by atoms with Gasteiger partial charge in [0.25, 0.3) is 0 Å². The topological polar surface area (TPSA) is 60.2 Å². The lowest BCUT2D eigenvalue weighted by Crippen LogP contribution is -2.23. The summed E-state index contributed by atoms with van der Waals surface area (Å²) in [5.74, 6) is 1.32. The quantitative estimate of drug-likeness (QED) is 0.736. The molecular formula is C10H19N3O2. The van der Waals surface area contributed by atoms with Gasteiger partial charge in [-0.1, -0.05) is 12.1 Å². The molecule has 1 rings (SSSR count). The Balaban J connectivity index is 2.30. The number of aromatic nitrogens is 2. The molecule has 0 aromatic carbocycles. The summed E-state index contributed by atoms with van der Waals surface area (Å²) in [4.78, 5) is 4.21. The largest absolute Gasteiger partial charge is 0.369 e. The summed E-state index contributed by atoms with van der Waals surface area (Å²) in [6, 6.07) is 0. The van der Waals surface area contributed by atoms with Crippen LogP contribution in [0.3, 0.4) is 0 Å². The number of likely N-dealkylation sites (N-methyl/N-ethyl adjacent to an activating group) is 1. The fourth-order valence-corrected chi connectivity index (χ4v) is 1.23. The predicted molar refractivity (Wildman–Crippen MR) is 56.5 cm³/mol. The van der Waals surface area contributed by atoms with Crippen LogP contribution in [0, 0.1) is 0 Å². The van der Waals surface area contributed by atoms with Crippen LogP contribution >= 0.6 is 0 Å². The molecule has 1 aromatic rings. The molecule has 1 aromatic heterocycles. The van der Waals surface area contributed by atoms with Gasteiger partial charge in [-0.25, -0.2) is 0 Å². The maximum atomic E-state index is 5.51. The molecule has 0 radical (unpaired) electrons. The van der Waals surface area contributed by atoms with E-state index in [0.29, 0.717) is 18.3 Å². The first kappa shape index (κ1) is 12.1. The van der Waals surface area contributed by atoms with Gasteiger partial charge in [0.2, 0.25) is 5.89 Å². The molecule has 5 heteroatoms. The van der Waals surface area contributed by atoms with Gasteiger partial charge < -0.3 is 14.6 Å². The molecule has 0 aliphatic heterocycles. The summed E-state index contributed by atoms with van der Waals surface area (Å²) in [6.07, 6.45) is 2.00. The van der Waals surface area contributed by atoms with Crippen LogP contribution in [0.5, 0.6) is 0 Å². The van der Waals surface area contributed by atoms with Crippen molar-refractivity contribution in [3.63, 3.8) is 0 Å². The first-order chi connectivity index (χ1) is 7.26. The normalized spacial score (nSPS) is 13.0. The first-order valence-electron chi connectivity index (χ1n) is 5.34. The number of aryl methyl sites for hydroxylation is 1. The molecule has 5 nitrogen and oxygen atoms in total. The molecule has 1 unspecified atom stereocenters. The minimum absolute atomic E-state index is 0.156. The third-order valence-corrected chi connectivity index (χ3v) is 1.96. The first-order valence-corrected chi connectivity index (χ1v) is 5.34. The molecular weight excluding hydrogens is 194 g/mol. The van der Waals surface area contributed by atoms with Crippen LogP contribution < -0.4 is 5.32 Å². The highest BCUT2D eigenvalue weighted by Gasteiger charge is 2.07. The fraction of sp³-hybridized carbons (Fsp3) is 0.800. The van der Waals surface area contributed by atoms with E-state index in [1.54, 1.807) is 0 Å². The van der Waals surface area contributed by atoms with Gasteiger partial charge in [0.1, 0.15) is 6.61 Å². The fourth-order valence-electron chi connectivity index (χ4n) is 1.23. The third kappa shape index (κ3) is 4.40. The lowest BCUT2D eigenvalue weighted by atomic mass is 10.3. The molecule has 1 N–H and O–H groups in total. The van der Waals surface area contributed by atoms with Crippen molar-refractivity contribution in [1.29, 1.82) is 0 Å². The molecule has 0 bridgehead atoms. The van der Waals surface area contributed by atoms with Crippen molar-refractivity contribution in [2.24, 2.45) is 0 Å². The van der Waals surface area contributed by atoms with E-state index in [1.807, 2.05) is 14.0 Å². The molecule has 0 spiro atoms. The molecule has 1 heterocycles. The van der Waals surface area contributed by atoms with Gasteiger partial charge in [-0.2, -0.15) is 4.98 Å². The maximum Gasteiger partial charge on any atom is 0.226 e. The molecule has 0 aliphatic carbocycles. The highest BCUT2D eigenvalue weighted by Crippen LogP contribution is 2.03. The van der Waals surface area contributed by atoms with Gasteiger partial charge in [0, 0.05) is 13.0 Å². The monoisotopic (exact) mass is 213 g/mol. The van der Waals surface area contributed by atoms with Crippen molar-refractivity contribution in [2.45, 2.75) is 39.4 Å². The molecule has 1 atom stereocenters. The van der Waals surface area contributed by atoms with Crippen LogP contribution in [-0.2, 0) is 17.8 Å². The van der Waals surface area contributed by atoms with Crippen molar-refractivity contribution in [3.05, 3.63) is 11.7 Å². The standard InChI is InChI=1S/C10H19N3O2/c1-4-5-10-12-9(13-15-10)7-14-8(2)6-11-3/h8,11H,4-7H2,1-3H3. The molecule has 86 valence electrons. The van der Waals surface area contributed by atoms with E-state index in [-0.39, 0.29) is 6.10 Å². The number of hydrogen-bond acceptors (Lipinski definition) is 5. The zero-order valence-electron chi connectivity index (χ0n) is 9.62. The van der Waals surface area contributed by atoms with Gasteiger partial charge >= 0.3 is 0 Å². The summed E-state index contributed by atoms with van der Waals surface area (Å²) < 4.78 is 10.6. The van der Waals surface area contributed by atoms with Crippen LogP contribution in [0.25, 0.3) is 0 Å². The predicted octanol–water partition coefficient (Wildman–Crippen LogP) is 1.15. The summed E-state index contributed by atoms with van der Waals surface area (Å²) in [7, 11) is 1.90. The number of rotatable bonds is 7. The van der Waals surface area contributed by atoms with E-state index in [2.05, 4.69) is 22.4 Å². The van der Waals surface area contributed by atoms with E-state index < -0.39 is 0 Å². The Morgan fingerprint density at radius 1 is 1.53 bits per heavy atom. The van der Waals surface area contributed by atoms with E-state index >= 15 is 0 Å². The average Bonchev–Trinajstić information content (AvgIpc) is 2.64. The van der Waals surface area contributed by atoms with Gasteiger partial charge in [-0.05, 0) is 20.4 Å². The summed E-state index contributed by atoms with van der Waals surface area (Å²) in [6.45, 7) is 5.31. The lowest BCUT2D eigenvalue weighted by molar-refractivity contribution is 0.0493. The number of nitrogens with zero attached hydrogens (tertiary/aromatic N) is 2. The lowest BCUT2D eigenvalue weighted by Gasteiger charge is -2.09. The maximum absolute atomic E-state index is 5.51. The second-order valence-corrected chi connectivity index (χ2v) is 3.53. The second-order valence-electron chi connectivity index (χ2n) is 3.53. The van der Waals surface area contributed by atoms with Crippen molar-refractivity contribution in [2.75, 3.05) is 13.6 Å². The van der Waals surface area contributed by atoms with E-state index in [4.69, 9.17) is 9.26 Å². The van der Waals surface area contributed by atoms with Crippen molar-refractivity contribution < 1.29 is 9.26 Å². The summed E-state index contributed by atoms with van der Waals surface area (Å²) in [5.41, 5.74) is 0. The Kier molecular flexibility index (Phi) is 5.28. The summed E-state index contributed by atoms with van der Waals surface area (Å²) >= 11 is 0. The average molecular weight is 213 g/mol. The van der Waals surface area contributed by atoms with Crippen molar-refractivity contribution in [3.8, 4) is 0 Å². The zero-order valence-corrected chi connectivity index (χ0v) is 9.62. The van der Waals surface area contributed by atoms with Gasteiger partial charge in [0.05, 0.1) is 6.10 Å². The third-order valence-electron chi connectivity index (χ3n) is 1.96. The van der Waals surface area contributed by atoms with E-state index in [0.717, 1.165) is 19.4 Å². The Hall–Kier alpha value is -0.940. The van der Waals surface area contributed by atoms with Crippen LogP contribution in [-0.4, -0.2) is 29.8 Å². The highest BCUT2D eigenvalue weighted by molar-refractivity contribution is 4.84. The summed E-state index contributed by atoms with van der Waals surface area (Å²) in [5, 5.41) is 6.88. The molecule has 0 aliphatic rings. The highest BCUT2D eigenvalue weighted by atomic mass is 16.5. The van der Waals surface area contributed by atoms with Crippen LogP contribution in [0.15, 0.2) is 4.52 Å². The minimum atomic E-state index is 0.156. The van der Waals surface area contributed by atoms with Crippen LogP contribution in [0.2, 0.25) is 0 Å². The molecule has 0 fully saturated rings. The van der Waals surface area contributed by atoms with E-state index in [9.17, 15) is 0 Å². The van der Waals surface area contributed by atoms with Gasteiger partial charge in [0.15, 0.2) is 5.82 Å². The number of ether oxygens (including phenoxy) is 1. The second kappa shape index (κ2) is 6.53. The Morgan fingerprint density at radius 3 is 3.00 bits per heavy atom. The molecule has 0 saturated heterocycles. The van der Waals surface area contributed by atoms with Crippen molar-refractivity contribution >= 4 is 0 Å². The van der Waals surface area contributed by atoms with Crippen LogP contribution in [0.1, 0.15) is 32.0 Å². The van der Waals surface area contributed by atoms with Gasteiger partial charge in [-0.3, -0.25) is 0 Å². The molecule has 0 saturated carbocycles. The molecule has 0 amide bonds. The number of hydrogen-bond donors (Lipinski definition) is 1. The zero-order chi connectivity index (χ0) is 11.1. The van der Waals surface area contributed by atoms with Crippen LogP contribution in [0.4, 0.5) is 0 Å². The van der Waals surface area contributed by atoms with Gasteiger partial charge in [-0.15, -0.1) is 0 Å². The Morgan fingerprint density at radius 2 is 2.33 bits per heavy atom. The SMILES string of the molecule is CCCc1nc(COC(C)CNC)no1.